The summed E-state index contributed by atoms with van der Waals surface area (Å²) < 4.78 is 15.9. The zero-order valence-corrected chi connectivity index (χ0v) is 17.2. The molecule has 2 aromatic carbocycles. The Kier molecular flexibility index (Phi) is 6.38. The minimum Gasteiger partial charge on any atom is -0.493 e. The van der Waals surface area contributed by atoms with Crippen molar-refractivity contribution in [2.45, 2.75) is 6.42 Å². The quantitative estimate of drug-likeness (QED) is 0.603. The van der Waals surface area contributed by atoms with Crippen LogP contribution in [0.1, 0.15) is 5.69 Å². The molecule has 1 N–H and O–H groups in total. The van der Waals surface area contributed by atoms with Crippen molar-refractivity contribution in [3.63, 3.8) is 0 Å². The molecule has 0 aliphatic rings. The van der Waals surface area contributed by atoms with Gasteiger partial charge in [-0.25, -0.2) is 4.98 Å². The Bertz CT molecular complexity index is 948. The molecule has 0 bridgehead atoms. The van der Waals surface area contributed by atoms with Gasteiger partial charge in [0.1, 0.15) is 5.01 Å². The fourth-order valence-electron chi connectivity index (χ4n) is 2.64. The average molecular weight is 419 g/mol. The largest absolute Gasteiger partial charge is 0.493 e. The topological polar surface area (TPSA) is 69.7 Å². The molecule has 0 fully saturated rings. The van der Waals surface area contributed by atoms with Crippen LogP contribution in [0.2, 0.25) is 5.02 Å². The number of anilines is 1. The van der Waals surface area contributed by atoms with Crippen molar-refractivity contribution < 1.29 is 19.0 Å². The van der Waals surface area contributed by atoms with Crippen molar-refractivity contribution in [3.05, 3.63) is 52.5 Å². The van der Waals surface area contributed by atoms with E-state index >= 15 is 0 Å². The number of halogens is 1. The smallest absolute Gasteiger partial charge is 0.230 e. The van der Waals surface area contributed by atoms with Gasteiger partial charge in [0.05, 0.1) is 33.4 Å². The van der Waals surface area contributed by atoms with Gasteiger partial charge in [0.2, 0.25) is 11.7 Å². The Balaban J connectivity index is 1.72. The summed E-state index contributed by atoms with van der Waals surface area (Å²) in [6, 6.07) is 10.8. The number of methoxy groups -OCH3 is 3. The molecular weight excluding hydrogens is 400 g/mol. The lowest BCUT2D eigenvalue weighted by Crippen LogP contribution is -2.15. The van der Waals surface area contributed by atoms with Gasteiger partial charge in [-0.3, -0.25) is 4.79 Å². The molecule has 0 aliphatic carbocycles. The van der Waals surface area contributed by atoms with Crippen LogP contribution in [-0.4, -0.2) is 32.2 Å². The number of aromatic nitrogens is 1. The molecule has 1 aromatic heterocycles. The van der Waals surface area contributed by atoms with Gasteiger partial charge in [-0.1, -0.05) is 23.7 Å². The number of carbonyl (C=O) groups excluding carboxylic acids is 1. The zero-order valence-electron chi connectivity index (χ0n) is 15.6. The molecule has 0 radical (unpaired) electrons. The third kappa shape index (κ3) is 4.55. The molecule has 1 amide bonds. The normalized spacial score (nSPS) is 10.4. The van der Waals surface area contributed by atoms with Crippen LogP contribution in [-0.2, 0) is 11.2 Å². The number of rotatable bonds is 7. The van der Waals surface area contributed by atoms with Crippen molar-refractivity contribution >= 4 is 34.5 Å². The van der Waals surface area contributed by atoms with Gasteiger partial charge in [-0.05, 0) is 12.1 Å². The van der Waals surface area contributed by atoms with Crippen LogP contribution in [0, 0.1) is 0 Å². The number of thiazole rings is 1. The average Bonchev–Trinajstić information content (AvgIpc) is 3.15. The van der Waals surface area contributed by atoms with Gasteiger partial charge in [0.25, 0.3) is 0 Å². The van der Waals surface area contributed by atoms with Crippen LogP contribution in [0.5, 0.6) is 17.2 Å². The van der Waals surface area contributed by atoms with E-state index in [1.165, 1.54) is 32.7 Å². The lowest BCUT2D eigenvalue weighted by molar-refractivity contribution is -0.115. The van der Waals surface area contributed by atoms with E-state index in [2.05, 4.69) is 10.3 Å². The number of nitrogens with one attached hydrogen (secondary N) is 1. The van der Waals surface area contributed by atoms with E-state index in [9.17, 15) is 4.79 Å². The summed E-state index contributed by atoms with van der Waals surface area (Å²) in [4.78, 5) is 17.0. The Morgan fingerprint density at radius 3 is 2.29 bits per heavy atom. The highest BCUT2D eigenvalue weighted by molar-refractivity contribution is 7.13. The van der Waals surface area contributed by atoms with Gasteiger partial charge in [0.15, 0.2) is 11.5 Å². The molecule has 3 aromatic rings. The van der Waals surface area contributed by atoms with E-state index < -0.39 is 0 Å². The van der Waals surface area contributed by atoms with E-state index in [1.807, 2.05) is 29.6 Å². The Hall–Kier alpha value is -2.77. The first kappa shape index (κ1) is 20.0. The number of benzene rings is 2. The Morgan fingerprint density at radius 2 is 1.71 bits per heavy atom. The van der Waals surface area contributed by atoms with E-state index in [-0.39, 0.29) is 12.3 Å². The number of hydrogen-bond donors (Lipinski definition) is 1. The number of amides is 1. The first-order valence-corrected chi connectivity index (χ1v) is 9.60. The molecule has 0 spiro atoms. The molecule has 0 unspecified atom stereocenters. The molecule has 28 heavy (non-hydrogen) atoms. The summed E-state index contributed by atoms with van der Waals surface area (Å²) in [6.45, 7) is 0. The summed E-state index contributed by atoms with van der Waals surface area (Å²) in [5.74, 6) is 1.21. The molecule has 0 saturated carbocycles. The number of hydrogen-bond acceptors (Lipinski definition) is 6. The highest BCUT2D eigenvalue weighted by Gasteiger charge is 2.15. The van der Waals surface area contributed by atoms with Gasteiger partial charge in [-0.2, -0.15) is 0 Å². The summed E-state index contributed by atoms with van der Waals surface area (Å²) >= 11 is 7.40. The minimum atomic E-state index is -0.192. The van der Waals surface area contributed by atoms with Gasteiger partial charge in [-0.15, -0.1) is 11.3 Å². The molecule has 0 saturated heterocycles. The van der Waals surface area contributed by atoms with Gasteiger partial charge < -0.3 is 19.5 Å². The molecule has 0 atom stereocenters. The van der Waals surface area contributed by atoms with E-state index in [1.54, 1.807) is 12.1 Å². The fraction of sp³-hybridized carbons (Fsp3) is 0.200. The monoisotopic (exact) mass is 418 g/mol. The van der Waals surface area contributed by atoms with E-state index in [0.29, 0.717) is 33.7 Å². The first-order chi connectivity index (χ1) is 13.5. The zero-order chi connectivity index (χ0) is 20.1. The molecule has 1 heterocycles. The molecule has 146 valence electrons. The van der Waals surface area contributed by atoms with E-state index in [4.69, 9.17) is 25.8 Å². The number of carbonyl (C=O) groups is 1. The summed E-state index contributed by atoms with van der Waals surface area (Å²) in [7, 11) is 4.58. The summed E-state index contributed by atoms with van der Waals surface area (Å²) in [5.41, 5.74) is 2.21. The van der Waals surface area contributed by atoms with Crippen molar-refractivity contribution in [2.75, 3.05) is 26.6 Å². The SMILES string of the molecule is COc1cc(NC(=O)Cc2csc(-c3ccc(Cl)cc3)n2)cc(OC)c1OC. The second kappa shape index (κ2) is 8.95. The van der Waals surface area contributed by atoms with Crippen LogP contribution >= 0.6 is 22.9 Å². The third-order valence-corrected chi connectivity index (χ3v) is 5.13. The number of nitrogens with zero attached hydrogens (tertiary/aromatic N) is 1. The van der Waals surface area contributed by atoms with Crippen molar-refractivity contribution in [2.24, 2.45) is 0 Å². The van der Waals surface area contributed by atoms with Crippen LogP contribution in [0.15, 0.2) is 41.8 Å². The molecule has 3 rings (SSSR count). The van der Waals surface area contributed by atoms with Crippen molar-refractivity contribution in [1.82, 2.24) is 4.98 Å². The predicted octanol–water partition coefficient (Wildman–Crippen LogP) is 4.67. The molecular formula is C20H19ClN2O4S. The van der Waals surface area contributed by atoms with Crippen molar-refractivity contribution in [1.29, 1.82) is 0 Å². The maximum atomic E-state index is 12.4. The predicted molar refractivity (Wildman–Crippen MR) is 111 cm³/mol. The lowest BCUT2D eigenvalue weighted by Gasteiger charge is -2.14. The number of ether oxygens (including phenoxy) is 3. The molecule has 0 aliphatic heterocycles. The maximum absolute atomic E-state index is 12.4. The Labute approximate surface area is 172 Å². The van der Waals surface area contributed by atoms with E-state index in [0.717, 1.165) is 10.6 Å². The minimum absolute atomic E-state index is 0.154. The Morgan fingerprint density at radius 1 is 1.07 bits per heavy atom. The highest BCUT2D eigenvalue weighted by atomic mass is 35.5. The van der Waals surface area contributed by atoms with Crippen LogP contribution in [0.3, 0.4) is 0 Å². The van der Waals surface area contributed by atoms with Crippen molar-refractivity contribution in [3.8, 4) is 27.8 Å². The molecule has 6 nitrogen and oxygen atoms in total. The van der Waals surface area contributed by atoms with Gasteiger partial charge >= 0.3 is 0 Å². The highest BCUT2D eigenvalue weighted by Crippen LogP contribution is 2.40. The fourth-order valence-corrected chi connectivity index (χ4v) is 3.59. The maximum Gasteiger partial charge on any atom is 0.230 e. The van der Waals surface area contributed by atoms with Crippen LogP contribution in [0.25, 0.3) is 10.6 Å². The first-order valence-electron chi connectivity index (χ1n) is 8.34. The lowest BCUT2D eigenvalue weighted by atomic mass is 10.2. The van der Waals surface area contributed by atoms with Gasteiger partial charge in [0, 0.05) is 33.8 Å². The third-order valence-electron chi connectivity index (χ3n) is 3.93. The second-order valence-electron chi connectivity index (χ2n) is 5.79. The van der Waals surface area contributed by atoms with Crippen LogP contribution < -0.4 is 19.5 Å². The standard InChI is InChI=1S/C20H19ClN2O4S/c1-25-16-8-14(9-17(26-2)19(16)27-3)22-18(24)10-15-11-28-20(23-15)12-4-6-13(21)7-5-12/h4-9,11H,10H2,1-3H3,(H,22,24). The summed E-state index contributed by atoms with van der Waals surface area (Å²) in [5, 5.41) is 6.23. The second-order valence-corrected chi connectivity index (χ2v) is 7.08. The molecule has 8 heteroatoms. The van der Waals surface area contributed by atoms with Crippen LogP contribution in [0.4, 0.5) is 5.69 Å². The summed E-state index contributed by atoms with van der Waals surface area (Å²) in [6.07, 6.45) is 0.154.